The van der Waals surface area contributed by atoms with E-state index in [9.17, 15) is 4.79 Å². The van der Waals surface area contributed by atoms with Crippen LogP contribution in [0.25, 0.3) is 11.0 Å². The van der Waals surface area contributed by atoms with Crippen LogP contribution in [0.4, 0.5) is 0 Å². The lowest BCUT2D eigenvalue weighted by molar-refractivity contribution is 0.0697. The van der Waals surface area contributed by atoms with Crippen molar-refractivity contribution in [3.8, 4) is 0 Å². The number of carboxylic acids is 1. The number of methoxy groups -OCH3 is 1. The van der Waals surface area contributed by atoms with Crippen LogP contribution in [0.1, 0.15) is 16.4 Å². The normalized spacial score (nSPS) is 23.0. The molecule has 2 atom stereocenters. The molecule has 0 saturated carbocycles. The Morgan fingerprint density at radius 3 is 3.11 bits per heavy atom. The molecule has 3 rings (SSSR count). The quantitative estimate of drug-likeness (QED) is 0.858. The monoisotopic (exact) mass is 261 g/mol. The van der Waals surface area contributed by atoms with Crippen LogP contribution in [0.2, 0.25) is 0 Å². The fourth-order valence-electron chi connectivity index (χ4n) is 2.58. The van der Waals surface area contributed by atoms with E-state index in [1.54, 1.807) is 31.6 Å². The summed E-state index contributed by atoms with van der Waals surface area (Å²) in [6.07, 6.45) is 1.82. The lowest BCUT2D eigenvalue weighted by atomic mass is 10.1. The summed E-state index contributed by atoms with van der Waals surface area (Å²) in [5, 5.41) is 12.3. The Kier molecular flexibility index (Phi) is 2.96. The molecule has 2 N–H and O–H groups in total. The number of ether oxygens (including phenoxy) is 1. The Labute approximate surface area is 110 Å². The van der Waals surface area contributed by atoms with Crippen molar-refractivity contribution >= 4 is 17.0 Å². The molecule has 1 fully saturated rings. The van der Waals surface area contributed by atoms with Crippen molar-refractivity contribution in [3.63, 3.8) is 0 Å². The highest BCUT2D eigenvalue weighted by molar-refractivity contribution is 5.92. The number of nitrogens with zero attached hydrogens (tertiary/aromatic N) is 2. The number of aromatic carboxylic acids is 1. The molecule has 0 bridgehead atoms. The summed E-state index contributed by atoms with van der Waals surface area (Å²) in [7, 11) is 1.69. The molecular weight excluding hydrogens is 246 g/mol. The highest BCUT2D eigenvalue weighted by Crippen LogP contribution is 2.24. The first-order chi connectivity index (χ1) is 9.20. The van der Waals surface area contributed by atoms with E-state index in [4.69, 9.17) is 9.84 Å². The number of carboxylic acid groups (broad SMARTS) is 1. The van der Waals surface area contributed by atoms with Gasteiger partial charge in [0.15, 0.2) is 0 Å². The molecule has 2 aromatic rings. The molecule has 0 unspecified atom stereocenters. The number of hydrogen-bond acceptors (Lipinski definition) is 4. The minimum absolute atomic E-state index is 0.0749. The maximum absolute atomic E-state index is 11.1. The molecule has 100 valence electrons. The number of aromatic nitrogens is 2. The van der Waals surface area contributed by atoms with E-state index in [-0.39, 0.29) is 17.7 Å². The average molecular weight is 261 g/mol. The molecule has 1 aromatic carbocycles. The summed E-state index contributed by atoms with van der Waals surface area (Å²) in [5.74, 6) is -0.928. The van der Waals surface area contributed by atoms with Crippen molar-refractivity contribution in [2.24, 2.45) is 0 Å². The molecule has 6 heteroatoms. The van der Waals surface area contributed by atoms with Crippen molar-refractivity contribution in [3.05, 3.63) is 30.1 Å². The van der Waals surface area contributed by atoms with E-state index >= 15 is 0 Å². The predicted octanol–water partition coefficient (Wildman–Crippen LogP) is 0.894. The van der Waals surface area contributed by atoms with Gasteiger partial charge in [-0.1, -0.05) is 0 Å². The fraction of sp³-hybridized carbons (Fsp3) is 0.385. The number of nitrogens with one attached hydrogen (secondary N) is 1. The van der Waals surface area contributed by atoms with E-state index in [2.05, 4.69) is 10.3 Å². The second-order valence-corrected chi connectivity index (χ2v) is 4.66. The first kappa shape index (κ1) is 12.1. The van der Waals surface area contributed by atoms with Gasteiger partial charge in [0.1, 0.15) is 0 Å². The van der Waals surface area contributed by atoms with Gasteiger partial charge in [0.05, 0.1) is 35.1 Å². The summed E-state index contributed by atoms with van der Waals surface area (Å²) >= 11 is 0. The van der Waals surface area contributed by atoms with Crippen LogP contribution in [-0.4, -0.2) is 46.9 Å². The molecule has 0 radical (unpaired) electrons. The lowest BCUT2D eigenvalue weighted by Crippen LogP contribution is -2.23. The summed E-state index contributed by atoms with van der Waals surface area (Å²) in [5.41, 5.74) is 1.90. The topological polar surface area (TPSA) is 76.4 Å². The number of hydrogen-bond donors (Lipinski definition) is 2. The van der Waals surface area contributed by atoms with Crippen molar-refractivity contribution < 1.29 is 14.6 Å². The van der Waals surface area contributed by atoms with Gasteiger partial charge in [-0.25, -0.2) is 9.78 Å². The summed E-state index contributed by atoms with van der Waals surface area (Å²) in [4.78, 5) is 15.4. The first-order valence-electron chi connectivity index (χ1n) is 6.14. The highest BCUT2D eigenvalue weighted by Gasteiger charge is 2.29. The van der Waals surface area contributed by atoms with Crippen molar-refractivity contribution in [2.45, 2.75) is 12.1 Å². The van der Waals surface area contributed by atoms with Crippen LogP contribution in [0, 0.1) is 0 Å². The molecular formula is C13H15N3O3. The van der Waals surface area contributed by atoms with Crippen LogP contribution < -0.4 is 5.32 Å². The van der Waals surface area contributed by atoms with Crippen molar-refractivity contribution in [1.82, 2.24) is 14.9 Å². The van der Waals surface area contributed by atoms with E-state index in [1.807, 2.05) is 4.57 Å². The lowest BCUT2D eigenvalue weighted by Gasteiger charge is -2.19. The van der Waals surface area contributed by atoms with E-state index in [0.29, 0.717) is 0 Å². The van der Waals surface area contributed by atoms with Gasteiger partial charge < -0.3 is 19.7 Å². The first-order valence-corrected chi connectivity index (χ1v) is 6.14. The summed E-state index contributed by atoms with van der Waals surface area (Å²) in [6.45, 7) is 1.58. The Hall–Kier alpha value is -1.92. The van der Waals surface area contributed by atoms with Crippen LogP contribution in [-0.2, 0) is 4.74 Å². The van der Waals surface area contributed by atoms with Gasteiger partial charge in [0.2, 0.25) is 0 Å². The molecule has 6 nitrogen and oxygen atoms in total. The van der Waals surface area contributed by atoms with Gasteiger partial charge in [0.25, 0.3) is 0 Å². The molecule has 1 aromatic heterocycles. The molecule has 19 heavy (non-hydrogen) atoms. The zero-order valence-corrected chi connectivity index (χ0v) is 10.5. The van der Waals surface area contributed by atoms with Crippen LogP contribution in [0.15, 0.2) is 24.5 Å². The van der Waals surface area contributed by atoms with E-state index < -0.39 is 5.97 Å². The average Bonchev–Trinajstić information content (AvgIpc) is 3.03. The van der Waals surface area contributed by atoms with Gasteiger partial charge in [-0.3, -0.25) is 0 Å². The minimum atomic E-state index is -0.928. The zero-order chi connectivity index (χ0) is 13.4. The Morgan fingerprint density at radius 1 is 1.53 bits per heavy atom. The second kappa shape index (κ2) is 4.64. The van der Waals surface area contributed by atoms with E-state index in [1.165, 1.54) is 0 Å². The minimum Gasteiger partial charge on any atom is -0.478 e. The van der Waals surface area contributed by atoms with Crippen LogP contribution in [0.3, 0.4) is 0 Å². The number of rotatable bonds is 3. The van der Waals surface area contributed by atoms with Crippen LogP contribution in [0.5, 0.6) is 0 Å². The van der Waals surface area contributed by atoms with Gasteiger partial charge in [-0.15, -0.1) is 0 Å². The third kappa shape index (κ3) is 1.98. The summed E-state index contributed by atoms with van der Waals surface area (Å²) < 4.78 is 7.44. The van der Waals surface area contributed by atoms with Crippen molar-refractivity contribution in [2.75, 3.05) is 20.2 Å². The Balaban J connectivity index is 2.08. The van der Waals surface area contributed by atoms with Crippen LogP contribution >= 0.6 is 0 Å². The smallest absolute Gasteiger partial charge is 0.335 e. The molecule has 0 aliphatic carbocycles. The van der Waals surface area contributed by atoms with Crippen molar-refractivity contribution in [1.29, 1.82) is 0 Å². The molecule has 1 aliphatic heterocycles. The number of fused-ring (bicyclic) bond motifs is 1. The molecule has 2 heterocycles. The van der Waals surface area contributed by atoms with Gasteiger partial charge in [-0.2, -0.15) is 0 Å². The molecule has 0 amide bonds. The number of benzene rings is 1. The maximum Gasteiger partial charge on any atom is 0.335 e. The Bertz CT molecular complexity index is 623. The van der Waals surface area contributed by atoms with E-state index in [0.717, 1.165) is 24.1 Å². The second-order valence-electron chi connectivity index (χ2n) is 4.66. The molecule has 0 spiro atoms. The number of imidazole rings is 1. The SMILES string of the molecule is CO[C@H]1CNC[C@H]1n1cnc2ccc(C(=O)O)cc21. The maximum atomic E-state index is 11.1. The Morgan fingerprint density at radius 2 is 2.37 bits per heavy atom. The zero-order valence-electron chi connectivity index (χ0n) is 10.5. The largest absolute Gasteiger partial charge is 0.478 e. The fourth-order valence-corrected chi connectivity index (χ4v) is 2.58. The molecule has 1 aliphatic rings. The van der Waals surface area contributed by atoms with Gasteiger partial charge >= 0.3 is 5.97 Å². The number of carbonyl (C=O) groups is 1. The standard InChI is InChI=1S/C13H15N3O3/c1-19-12-6-14-5-11(12)16-7-15-9-3-2-8(13(17)18)4-10(9)16/h2-4,7,11-12,14H,5-6H2,1H3,(H,17,18)/t11-,12+/m1/s1. The third-order valence-corrected chi connectivity index (χ3v) is 3.61. The van der Waals surface area contributed by atoms with Gasteiger partial charge in [0, 0.05) is 20.2 Å². The summed E-state index contributed by atoms with van der Waals surface area (Å²) in [6, 6.07) is 5.11. The third-order valence-electron chi connectivity index (χ3n) is 3.61. The molecule has 1 saturated heterocycles. The predicted molar refractivity (Wildman–Crippen MR) is 69.4 cm³/mol. The van der Waals surface area contributed by atoms with Gasteiger partial charge in [-0.05, 0) is 18.2 Å². The highest BCUT2D eigenvalue weighted by atomic mass is 16.5.